The van der Waals surface area contributed by atoms with Crippen LogP contribution in [0.25, 0.3) is 0 Å². The van der Waals surface area contributed by atoms with Crippen molar-refractivity contribution in [1.29, 1.82) is 0 Å². The normalized spacial score (nSPS) is 16.4. The molecule has 1 fully saturated rings. The second-order valence-corrected chi connectivity index (χ2v) is 5.24. The number of nitrogens with zero attached hydrogens (tertiary/aromatic N) is 1. The summed E-state index contributed by atoms with van der Waals surface area (Å²) in [5.41, 5.74) is 1.48. The molecule has 1 saturated heterocycles. The molecule has 1 atom stereocenters. The summed E-state index contributed by atoms with van der Waals surface area (Å²) in [6, 6.07) is 9.13. The Morgan fingerprint density at radius 2 is 2.05 bits per heavy atom. The fourth-order valence-corrected chi connectivity index (χ4v) is 2.67. The Morgan fingerprint density at radius 1 is 1.25 bits per heavy atom. The topological polar surface area (TPSA) is 28.4 Å². The summed E-state index contributed by atoms with van der Waals surface area (Å²) in [7, 11) is 0. The van der Waals surface area contributed by atoms with Crippen LogP contribution < -0.4 is 10.2 Å². The molecule has 106 valence electrons. The van der Waals surface area contributed by atoms with Crippen LogP contribution in [0, 0.1) is 5.82 Å². The molecule has 1 N–H and O–H groups in total. The number of nitrogens with one attached hydrogen (secondary N) is 1. The van der Waals surface area contributed by atoms with Crippen LogP contribution >= 0.6 is 0 Å². The van der Waals surface area contributed by atoms with Crippen molar-refractivity contribution in [2.24, 2.45) is 0 Å². The van der Waals surface area contributed by atoms with Crippen molar-refractivity contribution in [3.8, 4) is 0 Å². The molecule has 1 aliphatic heterocycles. The van der Waals surface area contributed by atoms with Gasteiger partial charge in [0.05, 0.1) is 18.0 Å². The highest BCUT2D eigenvalue weighted by atomic mass is 19.1. The number of rotatable bonds is 4. The van der Waals surface area contributed by atoms with Crippen LogP contribution in [0.1, 0.15) is 31.6 Å². The van der Waals surface area contributed by atoms with Crippen molar-refractivity contribution in [1.82, 2.24) is 0 Å². The van der Waals surface area contributed by atoms with Crippen LogP contribution in [0.3, 0.4) is 0 Å². The van der Waals surface area contributed by atoms with Crippen molar-refractivity contribution < 1.29 is 8.81 Å². The van der Waals surface area contributed by atoms with Gasteiger partial charge < -0.3 is 14.6 Å². The van der Waals surface area contributed by atoms with Crippen LogP contribution in [-0.4, -0.2) is 13.1 Å². The van der Waals surface area contributed by atoms with E-state index < -0.39 is 0 Å². The zero-order chi connectivity index (χ0) is 13.9. The van der Waals surface area contributed by atoms with E-state index in [0.29, 0.717) is 5.69 Å². The summed E-state index contributed by atoms with van der Waals surface area (Å²) in [6.45, 7) is 3.89. The third-order valence-corrected chi connectivity index (χ3v) is 3.75. The van der Waals surface area contributed by atoms with Gasteiger partial charge in [-0.05, 0) is 50.1 Å². The van der Waals surface area contributed by atoms with E-state index in [2.05, 4.69) is 10.2 Å². The molecule has 1 aliphatic rings. The van der Waals surface area contributed by atoms with E-state index in [-0.39, 0.29) is 11.9 Å². The summed E-state index contributed by atoms with van der Waals surface area (Å²) < 4.78 is 19.5. The largest absolute Gasteiger partial charge is 0.467 e. The first-order chi connectivity index (χ1) is 9.74. The van der Waals surface area contributed by atoms with Gasteiger partial charge >= 0.3 is 0 Å². The number of hydrogen-bond donors (Lipinski definition) is 1. The van der Waals surface area contributed by atoms with Crippen LogP contribution in [0.2, 0.25) is 0 Å². The average molecular weight is 274 g/mol. The second-order valence-electron chi connectivity index (χ2n) is 5.24. The van der Waals surface area contributed by atoms with Gasteiger partial charge in [0.2, 0.25) is 0 Å². The van der Waals surface area contributed by atoms with E-state index in [1.807, 2.05) is 31.2 Å². The molecule has 4 heteroatoms. The Bertz CT molecular complexity index is 562. The van der Waals surface area contributed by atoms with Gasteiger partial charge in [0, 0.05) is 18.8 Å². The molecule has 0 aliphatic carbocycles. The fourth-order valence-electron chi connectivity index (χ4n) is 2.67. The zero-order valence-corrected chi connectivity index (χ0v) is 11.6. The lowest BCUT2D eigenvalue weighted by Crippen LogP contribution is -2.19. The molecule has 20 heavy (non-hydrogen) atoms. The van der Waals surface area contributed by atoms with Crippen molar-refractivity contribution in [3.05, 3.63) is 48.2 Å². The van der Waals surface area contributed by atoms with Gasteiger partial charge in [-0.3, -0.25) is 0 Å². The highest BCUT2D eigenvalue weighted by Crippen LogP contribution is 2.27. The Kier molecular flexibility index (Phi) is 3.63. The van der Waals surface area contributed by atoms with Gasteiger partial charge in [-0.1, -0.05) is 0 Å². The minimum Gasteiger partial charge on any atom is -0.467 e. The third-order valence-electron chi connectivity index (χ3n) is 3.75. The predicted molar refractivity (Wildman–Crippen MR) is 78.6 cm³/mol. The zero-order valence-electron chi connectivity index (χ0n) is 11.6. The average Bonchev–Trinajstić information content (AvgIpc) is 3.12. The van der Waals surface area contributed by atoms with Gasteiger partial charge in [0.25, 0.3) is 0 Å². The van der Waals surface area contributed by atoms with Crippen molar-refractivity contribution in [3.63, 3.8) is 0 Å². The fraction of sp³-hybridized carbons (Fsp3) is 0.375. The molecule has 0 amide bonds. The standard InChI is InChI=1S/C16H19FN2O/c1-12(16-5-4-10-20-16)18-13-6-7-15(14(17)11-13)19-8-2-3-9-19/h4-7,10-12,18H,2-3,8-9H2,1H3. The lowest BCUT2D eigenvalue weighted by atomic mass is 10.2. The highest BCUT2D eigenvalue weighted by Gasteiger charge is 2.16. The first-order valence-electron chi connectivity index (χ1n) is 7.08. The third kappa shape index (κ3) is 2.64. The van der Waals surface area contributed by atoms with Crippen LogP contribution in [0.5, 0.6) is 0 Å². The number of halogens is 1. The summed E-state index contributed by atoms with van der Waals surface area (Å²) >= 11 is 0. The molecular weight excluding hydrogens is 255 g/mol. The molecule has 0 bridgehead atoms. The number of anilines is 2. The minimum absolute atomic E-state index is 0.0158. The van der Waals surface area contributed by atoms with Crippen LogP contribution in [-0.2, 0) is 0 Å². The highest BCUT2D eigenvalue weighted by molar-refractivity contribution is 5.57. The molecule has 0 spiro atoms. The van der Waals surface area contributed by atoms with Gasteiger partial charge in [-0.15, -0.1) is 0 Å². The van der Waals surface area contributed by atoms with E-state index in [4.69, 9.17) is 4.42 Å². The summed E-state index contributed by atoms with van der Waals surface area (Å²) in [5.74, 6) is 0.678. The second kappa shape index (κ2) is 5.57. The molecule has 1 aromatic heterocycles. The first kappa shape index (κ1) is 13.0. The lowest BCUT2D eigenvalue weighted by Gasteiger charge is -2.20. The summed E-state index contributed by atoms with van der Waals surface area (Å²) in [5, 5.41) is 3.25. The van der Waals surface area contributed by atoms with Gasteiger partial charge in [0.15, 0.2) is 0 Å². The number of hydrogen-bond acceptors (Lipinski definition) is 3. The van der Waals surface area contributed by atoms with Crippen LogP contribution in [0.4, 0.5) is 15.8 Å². The lowest BCUT2D eigenvalue weighted by molar-refractivity contribution is 0.490. The maximum absolute atomic E-state index is 14.2. The molecular formula is C16H19FN2O. The Labute approximate surface area is 118 Å². The summed E-state index contributed by atoms with van der Waals surface area (Å²) in [4.78, 5) is 2.11. The van der Waals surface area contributed by atoms with Gasteiger partial charge in [0.1, 0.15) is 11.6 Å². The molecule has 2 heterocycles. The molecule has 1 aromatic carbocycles. The maximum atomic E-state index is 14.2. The van der Waals surface area contributed by atoms with E-state index >= 15 is 0 Å². The number of furan rings is 1. The Balaban J connectivity index is 1.73. The molecule has 3 rings (SSSR count). The van der Waals surface area contributed by atoms with E-state index in [1.54, 1.807) is 12.3 Å². The Hall–Kier alpha value is -1.97. The quantitative estimate of drug-likeness (QED) is 0.906. The summed E-state index contributed by atoms with van der Waals surface area (Å²) in [6.07, 6.45) is 3.94. The minimum atomic E-state index is -0.163. The van der Waals surface area contributed by atoms with Gasteiger partial charge in [-0.25, -0.2) is 4.39 Å². The van der Waals surface area contributed by atoms with Crippen LogP contribution in [0.15, 0.2) is 41.0 Å². The van der Waals surface area contributed by atoms with E-state index in [0.717, 1.165) is 37.4 Å². The van der Waals surface area contributed by atoms with Gasteiger partial charge in [-0.2, -0.15) is 0 Å². The van der Waals surface area contributed by atoms with Crippen molar-refractivity contribution in [2.45, 2.75) is 25.8 Å². The molecule has 3 nitrogen and oxygen atoms in total. The van der Waals surface area contributed by atoms with E-state index in [1.165, 1.54) is 0 Å². The molecule has 2 aromatic rings. The van der Waals surface area contributed by atoms with Crippen molar-refractivity contribution in [2.75, 3.05) is 23.3 Å². The molecule has 1 unspecified atom stereocenters. The monoisotopic (exact) mass is 274 g/mol. The van der Waals surface area contributed by atoms with E-state index in [9.17, 15) is 4.39 Å². The smallest absolute Gasteiger partial charge is 0.148 e. The predicted octanol–water partition coefficient (Wildman–Crippen LogP) is 4.19. The molecule has 0 saturated carbocycles. The molecule has 0 radical (unpaired) electrons. The van der Waals surface area contributed by atoms with Crippen molar-refractivity contribution >= 4 is 11.4 Å². The first-order valence-corrected chi connectivity index (χ1v) is 7.08. The number of benzene rings is 1. The maximum Gasteiger partial charge on any atom is 0.148 e. The Morgan fingerprint density at radius 3 is 2.70 bits per heavy atom. The SMILES string of the molecule is CC(Nc1ccc(N2CCCC2)c(F)c1)c1ccco1.